The van der Waals surface area contributed by atoms with Crippen molar-refractivity contribution in [2.24, 2.45) is 0 Å². The number of halogens is 4. The van der Waals surface area contributed by atoms with Gasteiger partial charge >= 0.3 is 0 Å². The lowest BCUT2D eigenvalue weighted by Gasteiger charge is -2.02. The minimum atomic E-state index is -2.38. The van der Waals surface area contributed by atoms with E-state index in [-0.39, 0.29) is 0 Å². The third kappa shape index (κ3) is 6.44. The van der Waals surface area contributed by atoms with Crippen molar-refractivity contribution in [3.63, 3.8) is 0 Å². The van der Waals surface area contributed by atoms with Gasteiger partial charge in [0.2, 0.25) is 0 Å². The van der Waals surface area contributed by atoms with Gasteiger partial charge in [-0.25, -0.2) is 4.39 Å². The van der Waals surface area contributed by atoms with Crippen molar-refractivity contribution < 1.29 is 8.78 Å². The summed E-state index contributed by atoms with van der Waals surface area (Å²) in [7, 11) is 0. The minimum absolute atomic E-state index is 0.462. The molecule has 0 rings (SSSR count). The maximum Gasteiger partial charge on any atom is 0.259 e. The lowest BCUT2D eigenvalue weighted by molar-refractivity contribution is 0.327. The second kappa shape index (κ2) is 2.68. The first kappa shape index (κ1) is 7.44. The molecule has 0 aromatic carbocycles. The van der Waals surface area contributed by atoms with Crippen molar-refractivity contribution in [1.82, 2.24) is 0 Å². The van der Waals surface area contributed by atoms with Gasteiger partial charge in [-0.3, -0.25) is 4.39 Å². The zero-order valence-corrected chi connectivity index (χ0v) is 4.94. The maximum absolute atomic E-state index is 11.7. The summed E-state index contributed by atoms with van der Waals surface area (Å²) in [6.45, 7) is -0.830. The Kier molecular flexibility index (Phi) is 2.84. The minimum Gasteiger partial charge on any atom is -0.251 e. The van der Waals surface area contributed by atoms with Crippen molar-refractivity contribution in [1.29, 1.82) is 0 Å². The highest BCUT2D eigenvalue weighted by atomic mass is 35.5. The van der Waals surface area contributed by atoms with Gasteiger partial charge in [-0.05, 0) is 0 Å². The van der Waals surface area contributed by atoms with E-state index in [0.29, 0.717) is 0 Å². The first-order valence-corrected chi connectivity index (χ1v) is 2.44. The van der Waals surface area contributed by atoms with E-state index in [9.17, 15) is 8.78 Å². The van der Waals surface area contributed by atoms with Gasteiger partial charge in [0.1, 0.15) is 0 Å². The number of rotatable bonds is 2. The van der Waals surface area contributed by atoms with Gasteiger partial charge in [0, 0.05) is 6.42 Å². The zero-order valence-electron chi connectivity index (χ0n) is 3.43. The molecule has 0 spiro atoms. The van der Waals surface area contributed by atoms with Gasteiger partial charge in [-0.15, -0.1) is 0 Å². The van der Waals surface area contributed by atoms with E-state index >= 15 is 0 Å². The fraction of sp³-hybridized carbons (Fsp3) is 1.00. The van der Waals surface area contributed by atoms with Gasteiger partial charge in [0.05, 0.1) is 6.67 Å². The van der Waals surface area contributed by atoms with Crippen LogP contribution in [0.2, 0.25) is 0 Å². The molecule has 0 N–H and O–H groups in total. The summed E-state index contributed by atoms with van der Waals surface area (Å²) in [4.78, 5) is 0. The molecule has 0 aromatic rings. The van der Waals surface area contributed by atoms with Crippen LogP contribution >= 0.6 is 23.2 Å². The molecule has 0 amide bonds. The van der Waals surface area contributed by atoms with E-state index in [1.807, 2.05) is 0 Å². The highest BCUT2D eigenvalue weighted by molar-refractivity contribution is 6.47. The molecule has 4 heteroatoms. The molecule has 0 atom stereocenters. The van der Waals surface area contributed by atoms with E-state index in [4.69, 9.17) is 23.2 Å². The summed E-state index contributed by atoms with van der Waals surface area (Å²) in [5.41, 5.74) is 0. The van der Waals surface area contributed by atoms with Crippen LogP contribution in [0.15, 0.2) is 0 Å². The van der Waals surface area contributed by atoms with E-state index in [1.54, 1.807) is 0 Å². The van der Waals surface area contributed by atoms with Crippen molar-refractivity contribution in [3.05, 3.63) is 0 Å². The third-order valence-corrected chi connectivity index (χ3v) is 0.756. The van der Waals surface area contributed by atoms with Crippen LogP contribution in [0.1, 0.15) is 6.42 Å². The molecule has 44 valence electrons. The molecule has 0 fully saturated rings. The summed E-state index contributed by atoms with van der Waals surface area (Å²) in [6.07, 6.45) is -0.462. The van der Waals surface area contributed by atoms with Crippen molar-refractivity contribution in [3.8, 4) is 0 Å². The zero-order chi connectivity index (χ0) is 5.91. The molecular formula is C3H4Cl2F2. The molecule has 0 aliphatic heterocycles. The first-order valence-electron chi connectivity index (χ1n) is 1.69. The second-order valence-electron chi connectivity index (χ2n) is 1.05. The smallest absolute Gasteiger partial charge is 0.251 e. The van der Waals surface area contributed by atoms with Crippen LogP contribution in [0.3, 0.4) is 0 Å². The topological polar surface area (TPSA) is 0 Å². The lowest BCUT2D eigenvalue weighted by atomic mass is 10.5. The van der Waals surface area contributed by atoms with E-state index in [1.165, 1.54) is 0 Å². The van der Waals surface area contributed by atoms with E-state index in [2.05, 4.69) is 0 Å². The van der Waals surface area contributed by atoms with Crippen LogP contribution in [0.25, 0.3) is 0 Å². The second-order valence-corrected chi connectivity index (χ2v) is 2.45. The molecule has 0 aliphatic carbocycles. The molecule has 7 heavy (non-hydrogen) atoms. The quantitative estimate of drug-likeness (QED) is 0.529. The highest BCUT2D eigenvalue weighted by Crippen LogP contribution is 2.25. The van der Waals surface area contributed by atoms with E-state index in [0.717, 1.165) is 0 Å². The van der Waals surface area contributed by atoms with Crippen LogP contribution < -0.4 is 0 Å². The van der Waals surface area contributed by atoms with Crippen molar-refractivity contribution >= 4 is 23.2 Å². The molecule has 0 radical (unpaired) electrons. The Bertz CT molecular complexity index is 49.4. The lowest BCUT2D eigenvalue weighted by Crippen LogP contribution is -2.03. The average Bonchev–Trinajstić information content (AvgIpc) is 1.30. The van der Waals surface area contributed by atoms with Crippen LogP contribution in [0.5, 0.6) is 0 Å². The predicted octanol–water partition coefficient (Wildman–Crippen LogP) is 2.45. The van der Waals surface area contributed by atoms with Crippen molar-refractivity contribution in [2.45, 2.75) is 11.0 Å². The Morgan fingerprint density at radius 2 is 1.86 bits per heavy atom. The molecule has 0 saturated heterocycles. The van der Waals surface area contributed by atoms with Gasteiger partial charge in [-0.2, -0.15) is 0 Å². The largest absolute Gasteiger partial charge is 0.259 e. The summed E-state index contributed by atoms with van der Waals surface area (Å²) in [5.74, 6) is 0. The molecule has 0 aromatic heterocycles. The Morgan fingerprint density at radius 1 is 1.43 bits per heavy atom. The number of hydrogen-bond acceptors (Lipinski definition) is 0. The summed E-state index contributed by atoms with van der Waals surface area (Å²) >= 11 is 9.38. The maximum atomic E-state index is 11.7. The number of hydrogen-bond donors (Lipinski definition) is 0. The van der Waals surface area contributed by atoms with Gasteiger partial charge in [-0.1, -0.05) is 23.2 Å². The number of alkyl halides is 4. The summed E-state index contributed by atoms with van der Waals surface area (Å²) < 4.78 is 20.4. The molecular weight excluding hydrogens is 145 g/mol. The normalized spacial score (nSPS) is 12.0. The Hall–Kier alpha value is 0.440. The first-order chi connectivity index (χ1) is 3.06. The molecule has 0 aliphatic rings. The summed E-state index contributed by atoms with van der Waals surface area (Å²) in [5, 5.41) is 0. The predicted molar refractivity (Wildman–Crippen MR) is 26.1 cm³/mol. The summed E-state index contributed by atoms with van der Waals surface area (Å²) in [6, 6.07) is 0. The standard InChI is InChI=1S/C3H4Cl2F2/c4-3(5,7)1-2-6/h1-2H2. The van der Waals surface area contributed by atoms with Crippen molar-refractivity contribution in [2.75, 3.05) is 6.67 Å². The van der Waals surface area contributed by atoms with Gasteiger partial charge in [0.25, 0.3) is 4.59 Å². The Morgan fingerprint density at radius 3 is 1.86 bits per heavy atom. The van der Waals surface area contributed by atoms with Crippen LogP contribution in [-0.2, 0) is 0 Å². The molecule has 0 saturated carbocycles. The molecule has 0 bridgehead atoms. The molecule has 0 heterocycles. The van der Waals surface area contributed by atoms with Crippen LogP contribution in [0, 0.1) is 0 Å². The molecule has 0 nitrogen and oxygen atoms in total. The fourth-order valence-electron chi connectivity index (χ4n) is 0.107. The van der Waals surface area contributed by atoms with Gasteiger partial charge in [0.15, 0.2) is 0 Å². The van der Waals surface area contributed by atoms with Crippen LogP contribution in [-0.4, -0.2) is 11.3 Å². The average molecular weight is 149 g/mol. The fourth-order valence-corrected chi connectivity index (χ4v) is 0.250. The SMILES string of the molecule is FCCC(F)(Cl)Cl. The van der Waals surface area contributed by atoms with Gasteiger partial charge < -0.3 is 0 Å². The Labute approximate surface area is 50.4 Å². The van der Waals surface area contributed by atoms with E-state index < -0.39 is 17.7 Å². The highest BCUT2D eigenvalue weighted by Gasteiger charge is 2.20. The molecule has 0 unspecified atom stereocenters. The Balaban J connectivity index is 3.15. The monoisotopic (exact) mass is 148 g/mol. The third-order valence-electron chi connectivity index (χ3n) is 0.378. The van der Waals surface area contributed by atoms with Crippen LogP contribution in [0.4, 0.5) is 8.78 Å².